The summed E-state index contributed by atoms with van der Waals surface area (Å²) in [5, 5.41) is 2.55. The van der Waals surface area contributed by atoms with Crippen LogP contribution in [0.2, 0.25) is 0 Å². The number of aromatic nitrogens is 5. The van der Waals surface area contributed by atoms with Crippen molar-refractivity contribution < 1.29 is 51.5 Å². The number of fused-ring (bicyclic) bond motifs is 7. The Kier molecular flexibility index (Phi) is 8.10. The van der Waals surface area contributed by atoms with Crippen molar-refractivity contribution in [1.82, 2.24) is 23.3 Å². The maximum Gasteiger partial charge on any atom is 0.0629 e. The minimum absolute atomic E-state index is 0.00157. The third-order valence-corrected chi connectivity index (χ3v) is 15.8. The van der Waals surface area contributed by atoms with Gasteiger partial charge in [0.25, 0.3) is 0 Å². The average Bonchev–Trinajstić information content (AvgIpc) is 1.64. The summed E-state index contributed by atoms with van der Waals surface area (Å²) in [7, 11) is 0. The molecule has 0 aliphatic carbocycles. The van der Waals surface area contributed by atoms with Crippen LogP contribution in [0.4, 0.5) is 0 Å². The molecule has 4 heterocycles. The van der Waals surface area contributed by atoms with Gasteiger partial charge in [-0.05, 0) is 17.0 Å². The molecule has 0 aliphatic rings. The summed E-state index contributed by atoms with van der Waals surface area (Å²) < 4.78 is 195. The first kappa shape index (κ1) is 33.2. The molecule has 83 heavy (non-hydrogen) atoms. The van der Waals surface area contributed by atoms with Gasteiger partial charge in [0.2, 0.25) is 0 Å². The number of rotatable bonds is 10. The Balaban J connectivity index is 1.01. The van der Waals surface area contributed by atoms with Crippen molar-refractivity contribution in [3.8, 4) is 78.9 Å². The number of hydrogen-bond donors (Lipinski definition) is 0. The fourth-order valence-electron chi connectivity index (χ4n) is 11.0. The first-order valence-electron chi connectivity index (χ1n) is 36.4. The standard InChI is InChI=1S/C76H53N5O.Pt/c1-76(2,3)57-41-42-77-74(45-57)81-68-32-17-16-31-62(68)63-38-37-61(49-73(63)81)82-60-30-20-29-58(46-60)78-50-79(72-34-19-18-33-71(72)78)75-64(53-25-12-6-13-26-53)47-59(48-65(75)54-27-14-7-15-28-54)80-69-39-35-55(51-21-8-4-9-22-51)43-66(69)67-44-56(36-40-70(67)80)52-23-10-5-11-24-52;/h4-45,47-48H,1-3H3;/q-2;/i4D,5D,6D,7D,8D,9D,10D,11D,12D,13D,14D,15D,21D,22D,23D,24D,25D,26D,27D,28D;. The Morgan fingerprint density at radius 2 is 0.964 bits per heavy atom. The topological polar surface area (TPSA) is 41.8 Å². The fourth-order valence-corrected chi connectivity index (χ4v) is 12.1. The number of ether oxygens (including phenoxy) is 1. The molecule has 0 unspecified atom stereocenters. The Morgan fingerprint density at radius 1 is 0.434 bits per heavy atom. The van der Waals surface area contributed by atoms with Crippen LogP contribution in [0.1, 0.15) is 53.7 Å². The van der Waals surface area contributed by atoms with E-state index in [0.717, 1.165) is 27.4 Å². The maximum atomic E-state index is 9.77. The number of para-hydroxylation sites is 3. The van der Waals surface area contributed by atoms with Crippen molar-refractivity contribution in [2.75, 3.05) is 0 Å². The van der Waals surface area contributed by atoms with Gasteiger partial charge in [-0.15, -0.1) is 0 Å². The van der Waals surface area contributed by atoms with Crippen LogP contribution in [0.5, 0.6) is 11.5 Å². The number of nitrogens with zero attached hydrogens (tertiary/aromatic N) is 5. The molecule has 0 saturated heterocycles. The van der Waals surface area contributed by atoms with E-state index < -0.39 is 121 Å². The second-order valence-electron chi connectivity index (χ2n) is 20.7. The molecule has 0 aliphatic heterocycles. The Bertz CT molecular complexity index is 6000. The first-order valence-corrected chi connectivity index (χ1v) is 27.5. The Hall–Kier alpha value is -9.87. The monoisotopic (exact) mass is 1270 g/mol. The quantitative estimate of drug-likeness (QED) is 0.128. The summed E-state index contributed by atoms with van der Waals surface area (Å²) in [6.45, 7) is 6.43. The fraction of sp³-hybridized carbons (Fsp3) is 0.0526. The largest absolute Gasteiger partial charge is 0.0629 e. The van der Waals surface area contributed by atoms with E-state index in [-0.39, 0.29) is 67.0 Å². The van der Waals surface area contributed by atoms with E-state index in [1.54, 1.807) is 88.1 Å². The number of imidazole rings is 1. The van der Waals surface area contributed by atoms with Gasteiger partial charge in [-0.25, -0.2) is 0 Å². The Morgan fingerprint density at radius 3 is 1.55 bits per heavy atom. The van der Waals surface area contributed by atoms with Crippen LogP contribution in [0.25, 0.3) is 122 Å². The van der Waals surface area contributed by atoms with Crippen LogP contribution < -0.4 is 4.74 Å². The summed E-state index contributed by atoms with van der Waals surface area (Å²) in [5.41, 5.74) is 3.84. The molecule has 0 N–H and O–H groups in total. The predicted molar refractivity (Wildman–Crippen MR) is 337 cm³/mol. The van der Waals surface area contributed by atoms with Crippen molar-refractivity contribution in [3.05, 3.63) is 288 Å². The second kappa shape index (κ2) is 20.3. The van der Waals surface area contributed by atoms with E-state index in [4.69, 9.17) is 26.2 Å². The molecule has 0 fully saturated rings. The molecular weight excluding hydrogens is 1190 g/mol. The van der Waals surface area contributed by atoms with Crippen molar-refractivity contribution >= 4 is 54.6 Å². The van der Waals surface area contributed by atoms with E-state index in [1.807, 2.05) is 53.1 Å². The van der Waals surface area contributed by atoms with Crippen LogP contribution in [-0.2, 0) is 24.8 Å². The van der Waals surface area contributed by atoms with Gasteiger partial charge in [0.05, 0.1) is 13.7 Å². The van der Waals surface area contributed by atoms with E-state index in [0.29, 0.717) is 53.9 Å². The van der Waals surface area contributed by atoms with Gasteiger partial charge in [0, 0.05) is 6.20 Å². The molecule has 0 spiro atoms. The molecule has 0 amide bonds. The van der Waals surface area contributed by atoms with Gasteiger partial charge in [-0.2, -0.15) is 0 Å². The van der Waals surface area contributed by atoms with Gasteiger partial charge in [-0.1, -0.05) is 93.3 Å². The minimum Gasteiger partial charge on any atom is -0.0617 e. The smallest absolute Gasteiger partial charge is 0.0617 e. The van der Waals surface area contributed by atoms with Gasteiger partial charge < -0.3 is 0 Å². The van der Waals surface area contributed by atoms with Gasteiger partial charge in [0.15, 0.2) is 0 Å². The van der Waals surface area contributed by atoms with Crippen LogP contribution >= 0.6 is 0 Å². The van der Waals surface area contributed by atoms with Crippen molar-refractivity contribution in [3.63, 3.8) is 0 Å². The zero-order valence-corrected chi connectivity index (χ0v) is 46.6. The van der Waals surface area contributed by atoms with E-state index in [1.165, 1.54) is 12.1 Å². The van der Waals surface area contributed by atoms with Crippen molar-refractivity contribution in [1.29, 1.82) is 0 Å². The summed E-state index contributed by atoms with van der Waals surface area (Å²) in [5.74, 6) is 1.34. The Labute approximate surface area is 520 Å². The van der Waals surface area contributed by atoms with Crippen LogP contribution in [0.3, 0.4) is 0 Å². The third kappa shape index (κ3) is 8.77. The van der Waals surface area contributed by atoms with Crippen LogP contribution in [0, 0.1) is 15.9 Å². The number of hydrogen-bond acceptors (Lipinski definition) is 2. The van der Waals surface area contributed by atoms with Crippen LogP contribution in [-0.4, -0.2) is 23.3 Å². The van der Waals surface area contributed by atoms with Gasteiger partial charge in [-0.3, -0.25) is 0 Å². The van der Waals surface area contributed by atoms with Crippen molar-refractivity contribution in [2.45, 2.75) is 26.2 Å². The van der Waals surface area contributed by atoms with Crippen molar-refractivity contribution in [2.24, 2.45) is 0 Å². The molecule has 0 saturated carbocycles. The second-order valence-corrected chi connectivity index (χ2v) is 21.7. The molecule has 15 rings (SSSR count). The number of pyridine rings is 1. The van der Waals surface area contributed by atoms with E-state index >= 15 is 0 Å². The minimum atomic E-state index is -0.716. The summed E-state index contributed by atoms with van der Waals surface area (Å²) in [6.07, 6.45) is 1.80. The zero-order valence-electron chi connectivity index (χ0n) is 64.3. The SMILES string of the molecule is [2H]c1c([2H])c([2H])c(-c2ccc3c(c2)c2cc(-c4c([2H])c([2H])c([2H])c([2H])c4[2H])ccc2n3-c2cc(-c3c([2H])c([2H])c([2H])c([2H])c3[2H])c(-n3[c](=[Pt])n(-c4[c-]c(Oc5[c-]c6c(cc5)c5ccccc5n6-c5cc(C(C)(C)C)ccn5)ccc4)c4ccccc43)c(-c3c([2H])c([2H])c([2H])c([2H])c3[2H])c2)c([2H])c1[2H]. The molecule has 4 aromatic heterocycles. The first-order chi connectivity index (χ1) is 49.0. The molecule has 15 aromatic rings. The molecule has 0 bridgehead atoms. The molecule has 0 radical (unpaired) electrons. The molecule has 0 atom stereocenters. The normalized spacial score (nSPS) is 15.2. The van der Waals surface area contributed by atoms with Gasteiger partial charge >= 0.3 is 392 Å². The van der Waals surface area contributed by atoms with E-state index in [2.05, 4.69) is 62.9 Å². The molecule has 400 valence electrons. The number of benzene rings is 11. The maximum absolute atomic E-state index is 9.77. The molecule has 11 aromatic carbocycles. The summed E-state index contributed by atoms with van der Waals surface area (Å²) >= 11 is 2.09. The third-order valence-electron chi connectivity index (χ3n) is 14.8. The molecule has 7 heteroatoms. The zero-order chi connectivity index (χ0) is 73.2. The summed E-state index contributed by atoms with van der Waals surface area (Å²) in [4.78, 5) is 4.84. The predicted octanol–water partition coefficient (Wildman–Crippen LogP) is 19.4. The molecular formula is C76H53N5OPt-2. The van der Waals surface area contributed by atoms with E-state index in [9.17, 15) is 11.0 Å². The summed E-state index contributed by atoms with van der Waals surface area (Å²) in [6, 6.07) is 35.4. The van der Waals surface area contributed by atoms with Gasteiger partial charge in [0.1, 0.15) is 0 Å². The average molecular weight is 1270 g/mol. The molecule has 6 nitrogen and oxygen atoms in total. The van der Waals surface area contributed by atoms with Crippen LogP contribution in [0.15, 0.2) is 267 Å².